The number of fused-ring (bicyclic) bond motifs is 2. The fraction of sp³-hybridized carbons (Fsp3) is 0.261. The Morgan fingerprint density at radius 2 is 1.76 bits per heavy atom. The van der Waals surface area contributed by atoms with E-state index in [1.54, 1.807) is 4.90 Å². The van der Waals surface area contributed by atoms with E-state index in [1.165, 1.54) is 29.6 Å². The number of amides is 1. The van der Waals surface area contributed by atoms with E-state index in [1.807, 2.05) is 49.4 Å². The molecule has 2 aromatic carbocycles. The van der Waals surface area contributed by atoms with Gasteiger partial charge in [0.05, 0.1) is 12.0 Å². The van der Waals surface area contributed by atoms with E-state index in [2.05, 4.69) is 4.98 Å². The van der Waals surface area contributed by atoms with Crippen LogP contribution in [0.5, 0.6) is 0 Å². The molecule has 0 aliphatic heterocycles. The summed E-state index contributed by atoms with van der Waals surface area (Å²) in [4.78, 5) is 55.5. The molecule has 4 aromatic rings. The lowest BCUT2D eigenvalue weighted by atomic mass is 10.1. The molecular formula is C23H23N5O5. The van der Waals surface area contributed by atoms with E-state index in [4.69, 9.17) is 4.74 Å². The van der Waals surface area contributed by atoms with Crippen molar-refractivity contribution in [3.63, 3.8) is 0 Å². The number of ether oxygens (including phenoxy) is 1. The van der Waals surface area contributed by atoms with Gasteiger partial charge in [-0.05, 0) is 18.4 Å². The summed E-state index contributed by atoms with van der Waals surface area (Å²) in [7, 11) is 2.84. The van der Waals surface area contributed by atoms with Crippen LogP contribution in [-0.4, -0.2) is 43.7 Å². The van der Waals surface area contributed by atoms with Crippen LogP contribution >= 0.6 is 0 Å². The number of esters is 1. The van der Waals surface area contributed by atoms with Crippen molar-refractivity contribution in [2.75, 3.05) is 18.1 Å². The highest BCUT2D eigenvalue weighted by Gasteiger charge is 2.20. The Labute approximate surface area is 188 Å². The number of carbonyl (C=O) groups excluding carboxylic acids is 2. The Kier molecular flexibility index (Phi) is 5.82. The minimum Gasteiger partial charge on any atom is -0.454 e. The van der Waals surface area contributed by atoms with E-state index in [0.29, 0.717) is 6.54 Å². The van der Waals surface area contributed by atoms with Crippen molar-refractivity contribution in [2.45, 2.75) is 13.5 Å². The van der Waals surface area contributed by atoms with Crippen LogP contribution in [0.25, 0.3) is 21.9 Å². The molecule has 2 aromatic heterocycles. The Morgan fingerprint density at radius 3 is 2.52 bits per heavy atom. The van der Waals surface area contributed by atoms with E-state index >= 15 is 0 Å². The van der Waals surface area contributed by atoms with Crippen molar-refractivity contribution in [2.24, 2.45) is 14.1 Å². The predicted molar refractivity (Wildman–Crippen MR) is 123 cm³/mol. The van der Waals surface area contributed by atoms with E-state index in [9.17, 15) is 19.2 Å². The molecular weight excluding hydrogens is 426 g/mol. The molecule has 0 aliphatic carbocycles. The summed E-state index contributed by atoms with van der Waals surface area (Å²) in [5.41, 5.74) is -0.0721. The summed E-state index contributed by atoms with van der Waals surface area (Å²) >= 11 is 0. The first kappa shape index (κ1) is 22.0. The molecule has 170 valence electrons. The van der Waals surface area contributed by atoms with Crippen LogP contribution in [0.4, 0.5) is 5.69 Å². The first-order valence-corrected chi connectivity index (χ1v) is 10.4. The number of aromatic nitrogens is 4. The highest BCUT2D eigenvalue weighted by atomic mass is 16.5. The maximum absolute atomic E-state index is 12.9. The summed E-state index contributed by atoms with van der Waals surface area (Å²) < 4.78 is 8.69. The molecule has 33 heavy (non-hydrogen) atoms. The number of hydrogen-bond donors (Lipinski definition) is 0. The molecule has 2 heterocycles. The maximum Gasteiger partial charge on any atom is 0.332 e. The molecule has 0 atom stereocenters. The number of imidazole rings is 1. The molecule has 0 N–H and O–H groups in total. The third-order valence-corrected chi connectivity index (χ3v) is 5.55. The van der Waals surface area contributed by atoms with Gasteiger partial charge < -0.3 is 14.2 Å². The number of nitrogens with zero attached hydrogens (tertiary/aromatic N) is 5. The number of rotatable bonds is 6. The Morgan fingerprint density at radius 1 is 1.03 bits per heavy atom. The molecule has 0 fully saturated rings. The van der Waals surface area contributed by atoms with Crippen molar-refractivity contribution in [1.82, 2.24) is 18.7 Å². The summed E-state index contributed by atoms with van der Waals surface area (Å²) in [5.74, 6) is -1.07. The normalized spacial score (nSPS) is 11.1. The number of aryl methyl sites for hydroxylation is 1. The van der Waals surface area contributed by atoms with Gasteiger partial charge in [-0.25, -0.2) is 9.78 Å². The van der Waals surface area contributed by atoms with Crippen molar-refractivity contribution < 1.29 is 14.3 Å². The topological polar surface area (TPSA) is 108 Å². The summed E-state index contributed by atoms with van der Waals surface area (Å²) in [6, 6.07) is 13.4. The summed E-state index contributed by atoms with van der Waals surface area (Å²) in [6.45, 7) is 1.48. The Balaban J connectivity index is 1.50. The van der Waals surface area contributed by atoms with E-state index in [0.717, 1.165) is 21.0 Å². The van der Waals surface area contributed by atoms with Crippen LogP contribution in [0.3, 0.4) is 0 Å². The average Bonchev–Trinajstić information content (AvgIpc) is 3.24. The molecule has 0 spiro atoms. The van der Waals surface area contributed by atoms with E-state index in [-0.39, 0.29) is 23.6 Å². The van der Waals surface area contributed by atoms with Gasteiger partial charge in [-0.15, -0.1) is 0 Å². The zero-order valence-electron chi connectivity index (χ0n) is 18.5. The third kappa shape index (κ3) is 3.91. The van der Waals surface area contributed by atoms with Gasteiger partial charge in [-0.3, -0.25) is 23.5 Å². The van der Waals surface area contributed by atoms with E-state index < -0.39 is 23.8 Å². The number of carbonyl (C=O) groups is 2. The maximum atomic E-state index is 12.9. The zero-order valence-corrected chi connectivity index (χ0v) is 18.5. The monoisotopic (exact) mass is 449 g/mol. The number of anilines is 1. The SMILES string of the molecule is CCN(C(=O)COC(=O)Cn1cnc2c1c(=O)n(C)c(=O)n2C)c1cccc2ccccc12. The molecule has 0 saturated heterocycles. The van der Waals surface area contributed by atoms with Crippen LogP contribution in [0.2, 0.25) is 0 Å². The highest BCUT2D eigenvalue weighted by molar-refractivity contribution is 6.04. The molecule has 0 aliphatic rings. The summed E-state index contributed by atoms with van der Waals surface area (Å²) in [6.07, 6.45) is 1.29. The van der Waals surface area contributed by atoms with Gasteiger partial charge >= 0.3 is 11.7 Å². The van der Waals surface area contributed by atoms with Crippen molar-refractivity contribution in [3.05, 3.63) is 69.6 Å². The summed E-state index contributed by atoms with van der Waals surface area (Å²) in [5, 5.41) is 1.93. The van der Waals surface area contributed by atoms with Gasteiger partial charge in [0.15, 0.2) is 17.8 Å². The van der Waals surface area contributed by atoms with Crippen LogP contribution in [0, 0.1) is 0 Å². The molecule has 0 bridgehead atoms. The standard InChI is InChI=1S/C23H23N5O5/c1-4-28(17-11-7-9-15-8-5-6-10-16(15)17)18(29)13-33-19(30)12-27-14-24-21-20(27)22(31)26(3)23(32)25(21)2/h5-11,14H,4,12-13H2,1-3H3. The minimum atomic E-state index is -0.701. The Hall–Kier alpha value is -4.21. The van der Waals surface area contributed by atoms with Crippen molar-refractivity contribution in [3.8, 4) is 0 Å². The smallest absolute Gasteiger partial charge is 0.332 e. The highest BCUT2D eigenvalue weighted by Crippen LogP contribution is 2.26. The van der Waals surface area contributed by atoms with Gasteiger partial charge in [-0.2, -0.15) is 0 Å². The second kappa shape index (κ2) is 8.73. The lowest BCUT2D eigenvalue weighted by Crippen LogP contribution is -2.38. The van der Waals surface area contributed by atoms with Crippen LogP contribution in [-0.2, 0) is 35.0 Å². The number of hydrogen-bond acceptors (Lipinski definition) is 6. The first-order valence-electron chi connectivity index (χ1n) is 10.4. The lowest BCUT2D eigenvalue weighted by molar-refractivity contribution is -0.148. The second-order valence-electron chi connectivity index (χ2n) is 7.55. The fourth-order valence-corrected chi connectivity index (χ4v) is 3.85. The van der Waals surface area contributed by atoms with Crippen molar-refractivity contribution >= 4 is 39.5 Å². The molecule has 0 unspecified atom stereocenters. The first-order chi connectivity index (χ1) is 15.8. The van der Waals surface area contributed by atoms with Crippen LogP contribution < -0.4 is 16.1 Å². The number of likely N-dealkylation sites (N-methyl/N-ethyl adjacent to an activating group) is 1. The molecule has 4 rings (SSSR count). The molecule has 10 nitrogen and oxygen atoms in total. The fourth-order valence-electron chi connectivity index (χ4n) is 3.85. The third-order valence-electron chi connectivity index (χ3n) is 5.55. The average molecular weight is 449 g/mol. The quantitative estimate of drug-likeness (QED) is 0.409. The number of benzene rings is 2. The van der Waals surface area contributed by atoms with Gasteiger partial charge in [0.1, 0.15) is 6.54 Å². The second-order valence-corrected chi connectivity index (χ2v) is 7.55. The molecule has 1 amide bonds. The molecule has 0 saturated carbocycles. The molecule has 10 heteroatoms. The van der Waals surface area contributed by atoms with Crippen molar-refractivity contribution in [1.29, 1.82) is 0 Å². The van der Waals surface area contributed by atoms with Gasteiger partial charge in [0.25, 0.3) is 11.5 Å². The Bertz CT molecular complexity index is 1490. The lowest BCUT2D eigenvalue weighted by Gasteiger charge is -2.22. The predicted octanol–water partition coefficient (Wildman–Crippen LogP) is 1.18. The van der Waals surface area contributed by atoms with Crippen LogP contribution in [0.1, 0.15) is 6.92 Å². The van der Waals surface area contributed by atoms with Gasteiger partial charge in [0.2, 0.25) is 0 Å². The van der Waals surface area contributed by atoms with Crippen LogP contribution in [0.15, 0.2) is 58.4 Å². The molecule has 0 radical (unpaired) electrons. The zero-order chi connectivity index (χ0) is 23.7. The largest absolute Gasteiger partial charge is 0.454 e. The minimum absolute atomic E-state index is 0.105. The van der Waals surface area contributed by atoms with Gasteiger partial charge in [-0.1, -0.05) is 36.4 Å². The van der Waals surface area contributed by atoms with Gasteiger partial charge in [0, 0.05) is 26.0 Å².